The second-order valence-corrected chi connectivity index (χ2v) is 5.01. The van der Waals surface area contributed by atoms with Crippen LogP contribution in [0.15, 0.2) is 23.2 Å². The first-order valence-electron chi connectivity index (χ1n) is 5.70. The van der Waals surface area contributed by atoms with Gasteiger partial charge in [-0.15, -0.1) is 0 Å². The summed E-state index contributed by atoms with van der Waals surface area (Å²) < 4.78 is 5.37. The molecule has 0 fully saturated rings. The summed E-state index contributed by atoms with van der Waals surface area (Å²) in [7, 11) is 1.68. The lowest BCUT2D eigenvalue weighted by Gasteiger charge is -2.22. The number of aliphatic imine (C=N–C) groups is 1. The Morgan fingerprint density at radius 2 is 2.06 bits per heavy atom. The predicted molar refractivity (Wildman–Crippen MR) is 68.4 cm³/mol. The number of isocyanates is 1. The number of ether oxygens (including phenoxy) is 1. The summed E-state index contributed by atoms with van der Waals surface area (Å²) in [6.07, 6.45) is 2.31. The first-order valence-corrected chi connectivity index (χ1v) is 5.70. The maximum atomic E-state index is 10.0. The Hall–Kier alpha value is -1.60. The molecule has 0 amide bonds. The summed E-state index contributed by atoms with van der Waals surface area (Å²) >= 11 is 0. The van der Waals surface area contributed by atoms with Crippen molar-refractivity contribution in [2.45, 2.75) is 32.6 Å². The molecular formula is C14H19NO2. The van der Waals surface area contributed by atoms with Crippen LogP contribution in [-0.2, 0) is 16.6 Å². The number of rotatable bonds is 4. The van der Waals surface area contributed by atoms with Gasteiger partial charge in [-0.05, 0) is 29.0 Å². The van der Waals surface area contributed by atoms with Crippen LogP contribution in [0.25, 0.3) is 0 Å². The average molecular weight is 233 g/mol. The number of nitrogens with zero attached hydrogens (tertiary/aromatic N) is 1. The Morgan fingerprint density at radius 1 is 1.35 bits per heavy atom. The number of hydrogen-bond acceptors (Lipinski definition) is 3. The highest BCUT2D eigenvalue weighted by molar-refractivity contribution is 5.42. The Morgan fingerprint density at radius 3 is 2.59 bits per heavy atom. The minimum absolute atomic E-state index is 0.0370. The molecule has 0 aliphatic rings. The fourth-order valence-corrected chi connectivity index (χ4v) is 1.73. The molecular weight excluding hydrogens is 214 g/mol. The molecule has 0 saturated carbocycles. The molecule has 92 valence electrons. The van der Waals surface area contributed by atoms with Crippen molar-refractivity contribution in [1.82, 2.24) is 0 Å². The summed E-state index contributed by atoms with van der Waals surface area (Å²) in [5.74, 6) is 0.903. The topological polar surface area (TPSA) is 38.7 Å². The molecule has 3 heteroatoms. The van der Waals surface area contributed by atoms with Crippen molar-refractivity contribution in [3.05, 3.63) is 29.3 Å². The lowest BCUT2D eigenvalue weighted by atomic mass is 9.85. The van der Waals surface area contributed by atoms with Crippen LogP contribution in [0.5, 0.6) is 5.75 Å². The van der Waals surface area contributed by atoms with Crippen LogP contribution in [0, 0.1) is 0 Å². The third-order valence-electron chi connectivity index (χ3n) is 2.65. The fourth-order valence-electron chi connectivity index (χ4n) is 1.73. The highest BCUT2D eigenvalue weighted by Gasteiger charge is 2.18. The monoisotopic (exact) mass is 233 g/mol. The Kier molecular flexibility index (Phi) is 4.47. The van der Waals surface area contributed by atoms with E-state index in [-0.39, 0.29) is 5.41 Å². The molecule has 0 aliphatic carbocycles. The molecule has 0 spiro atoms. The van der Waals surface area contributed by atoms with Crippen LogP contribution in [0.2, 0.25) is 0 Å². The first kappa shape index (κ1) is 13.5. The van der Waals surface area contributed by atoms with Gasteiger partial charge in [-0.2, -0.15) is 0 Å². The molecule has 17 heavy (non-hydrogen) atoms. The van der Waals surface area contributed by atoms with E-state index in [1.807, 2.05) is 12.1 Å². The second-order valence-electron chi connectivity index (χ2n) is 5.01. The lowest BCUT2D eigenvalue weighted by molar-refractivity contribution is 0.397. The van der Waals surface area contributed by atoms with E-state index >= 15 is 0 Å². The standard InChI is InChI=1S/C14H19NO2/c1-14(2,3)12-9-11(7-8-15-10-16)5-6-13(12)17-4/h5-6,9H,7-8H2,1-4H3. The maximum absolute atomic E-state index is 10.0. The third kappa shape index (κ3) is 3.72. The van der Waals surface area contributed by atoms with E-state index in [4.69, 9.17) is 4.74 Å². The van der Waals surface area contributed by atoms with Gasteiger partial charge in [0, 0.05) is 0 Å². The van der Waals surface area contributed by atoms with E-state index < -0.39 is 0 Å². The Labute approximate surface area is 103 Å². The van der Waals surface area contributed by atoms with Crippen LogP contribution in [0.4, 0.5) is 0 Å². The van der Waals surface area contributed by atoms with Crippen molar-refractivity contribution in [2.24, 2.45) is 4.99 Å². The maximum Gasteiger partial charge on any atom is 0.234 e. The minimum Gasteiger partial charge on any atom is -0.496 e. The van der Waals surface area contributed by atoms with E-state index in [1.165, 1.54) is 5.56 Å². The van der Waals surface area contributed by atoms with E-state index in [0.29, 0.717) is 6.54 Å². The van der Waals surface area contributed by atoms with Crippen molar-refractivity contribution in [2.75, 3.05) is 13.7 Å². The number of hydrogen-bond donors (Lipinski definition) is 0. The quantitative estimate of drug-likeness (QED) is 0.592. The molecule has 0 heterocycles. The Bertz CT molecular complexity index is 426. The summed E-state index contributed by atoms with van der Waals surface area (Å²) in [4.78, 5) is 13.6. The van der Waals surface area contributed by atoms with Gasteiger partial charge in [-0.1, -0.05) is 32.9 Å². The van der Waals surface area contributed by atoms with Gasteiger partial charge in [0.2, 0.25) is 6.08 Å². The van der Waals surface area contributed by atoms with Gasteiger partial charge in [0.15, 0.2) is 0 Å². The number of methoxy groups -OCH3 is 1. The fraction of sp³-hybridized carbons (Fsp3) is 0.500. The smallest absolute Gasteiger partial charge is 0.234 e. The molecule has 1 rings (SSSR count). The summed E-state index contributed by atoms with van der Waals surface area (Å²) in [5, 5.41) is 0. The van der Waals surface area contributed by atoms with E-state index in [9.17, 15) is 4.79 Å². The summed E-state index contributed by atoms with van der Waals surface area (Å²) in [5.41, 5.74) is 2.37. The van der Waals surface area contributed by atoms with Gasteiger partial charge >= 0.3 is 0 Å². The lowest BCUT2D eigenvalue weighted by Crippen LogP contribution is -2.13. The van der Waals surface area contributed by atoms with Crippen molar-refractivity contribution in [3.8, 4) is 5.75 Å². The summed E-state index contributed by atoms with van der Waals surface area (Å²) in [6.45, 7) is 6.94. The van der Waals surface area contributed by atoms with Crippen LogP contribution in [0.1, 0.15) is 31.9 Å². The zero-order chi connectivity index (χ0) is 12.9. The molecule has 0 radical (unpaired) electrons. The predicted octanol–water partition coefficient (Wildman–Crippen LogP) is 2.87. The van der Waals surface area contributed by atoms with Gasteiger partial charge < -0.3 is 4.74 Å². The zero-order valence-corrected chi connectivity index (χ0v) is 10.9. The molecule has 1 aromatic rings. The SMILES string of the molecule is COc1ccc(CCN=C=O)cc1C(C)(C)C. The molecule has 0 aliphatic heterocycles. The highest BCUT2D eigenvalue weighted by Crippen LogP contribution is 2.32. The van der Waals surface area contributed by atoms with Gasteiger partial charge in [-0.25, -0.2) is 9.79 Å². The summed E-state index contributed by atoms with van der Waals surface area (Å²) in [6, 6.07) is 6.11. The third-order valence-corrected chi connectivity index (χ3v) is 2.65. The average Bonchev–Trinajstić information content (AvgIpc) is 2.28. The molecule has 0 unspecified atom stereocenters. The number of carbonyl (C=O) groups excluding carboxylic acids is 1. The molecule has 1 aromatic carbocycles. The molecule has 0 bridgehead atoms. The molecule has 0 aromatic heterocycles. The second kappa shape index (κ2) is 5.65. The van der Waals surface area contributed by atoms with Gasteiger partial charge in [0.25, 0.3) is 0 Å². The highest BCUT2D eigenvalue weighted by atomic mass is 16.5. The van der Waals surface area contributed by atoms with Crippen molar-refractivity contribution < 1.29 is 9.53 Å². The normalized spacial score (nSPS) is 10.8. The van der Waals surface area contributed by atoms with Crippen molar-refractivity contribution in [1.29, 1.82) is 0 Å². The van der Waals surface area contributed by atoms with E-state index in [2.05, 4.69) is 31.8 Å². The largest absolute Gasteiger partial charge is 0.496 e. The van der Waals surface area contributed by atoms with Crippen LogP contribution in [-0.4, -0.2) is 19.7 Å². The Balaban J connectivity index is 3.00. The van der Waals surface area contributed by atoms with E-state index in [1.54, 1.807) is 13.2 Å². The minimum atomic E-state index is 0.0370. The van der Waals surface area contributed by atoms with Crippen LogP contribution >= 0.6 is 0 Å². The molecule has 0 N–H and O–H groups in total. The molecule has 3 nitrogen and oxygen atoms in total. The zero-order valence-electron chi connectivity index (χ0n) is 10.9. The van der Waals surface area contributed by atoms with Crippen molar-refractivity contribution >= 4 is 6.08 Å². The van der Waals surface area contributed by atoms with Gasteiger partial charge in [0.05, 0.1) is 13.7 Å². The van der Waals surface area contributed by atoms with Gasteiger partial charge in [-0.3, -0.25) is 0 Å². The van der Waals surface area contributed by atoms with Gasteiger partial charge in [0.1, 0.15) is 5.75 Å². The number of benzene rings is 1. The molecule has 0 saturated heterocycles. The molecule has 0 atom stereocenters. The van der Waals surface area contributed by atoms with Crippen LogP contribution < -0.4 is 4.74 Å². The van der Waals surface area contributed by atoms with Crippen molar-refractivity contribution in [3.63, 3.8) is 0 Å². The van der Waals surface area contributed by atoms with Crippen LogP contribution in [0.3, 0.4) is 0 Å². The van der Waals surface area contributed by atoms with E-state index in [0.717, 1.165) is 17.7 Å². The first-order chi connectivity index (χ1) is 7.99.